The van der Waals surface area contributed by atoms with Crippen molar-refractivity contribution in [1.82, 2.24) is 15.6 Å². The molecule has 0 saturated heterocycles. The molecule has 1 heterocycles. The molecule has 0 unspecified atom stereocenters. The van der Waals surface area contributed by atoms with Gasteiger partial charge in [0.05, 0.1) is 0 Å². The molecule has 4 rings (SSSR count). The van der Waals surface area contributed by atoms with Crippen molar-refractivity contribution in [3.63, 3.8) is 0 Å². The van der Waals surface area contributed by atoms with Gasteiger partial charge < -0.3 is 15.6 Å². The molecule has 3 aromatic rings. The molecular formula is C22H24FN3O. The summed E-state index contributed by atoms with van der Waals surface area (Å²) in [6, 6.07) is 14.3. The highest BCUT2D eigenvalue weighted by atomic mass is 19.1. The van der Waals surface area contributed by atoms with Gasteiger partial charge in [-0.1, -0.05) is 31.0 Å². The third-order valence-electron chi connectivity index (χ3n) is 5.42. The third-order valence-corrected chi connectivity index (χ3v) is 5.42. The second kappa shape index (κ2) is 7.92. The van der Waals surface area contributed by atoms with Crippen LogP contribution in [0.5, 0.6) is 0 Å². The summed E-state index contributed by atoms with van der Waals surface area (Å²) in [5.41, 5.74) is 2.87. The minimum absolute atomic E-state index is 0.0847. The normalized spacial score (nSPS) is 19.9. The van der Waals surface area contributed by atoms with Crippen molar-refractivity contribution in [2.45, 2.75) is 44.3 Å². The fourth-order valence-electron chi connectivity index (χ4n) is 3.92. The van der Waals surface area contributed by atoms with Crippen molar-refractivity contribution in [3.8, 4) is 0 Å². The van der Waals surface area contributed by atoms with Gasteiger partial charge in [-0.3, -0.25) is 4.79 Å². The van der Waals surface area contributed by atoms with Crippen molar-refractivity contribution in [3.05, 3.63) is 71.7 Å². The zero-order valence-corrected chi connectivity index (χ0v) is 15.2. The summed E-state index contributed by atoms with van der Waals surface area (Å²) in [6.45, 7) is 0.762. The van der Waals surface area contributed by atoms with Gasteiger partial charge in [0.15, 0.2) is 0 Å². The quantitative estimate of drug-likeness (QED) is 0.636. The van der Waals surface area contributed by atoms with Crippen molar-refractivity contribution in [2.75, 3.05) is 0 Å². The van der Waals surface area contributed by atoms with E-state index in [9.17, 15) is 9.18 Å². The summed E-state index contributed by atoms with van der Waals surface area (Å²) in [4.78, 5) is 15.8. The number of aromatic nitrogens is 1. The van der Waals surface area contributed by atoms with Crippen molar-refractivity contribution < 1.29 is 9.18 Å². The van der Waals surface area contributed by atoms with Gasteiger partial charge in [0.25, 0.3) is 5.91 Å². The molecule has 1 aromatic heterocycles. The Morgan fingerprint density at radius 3 is 2.59 bits per heavy atom. The Kier molecular flexibility index (Phi) is 5.21. The maximum atomic E-state index is 13.1. The largest absolute Gasteiger partial charge is 0.361 e. The number of nitrogens with one attached hydrogen (secondary N) is 3. The van der Waals surface area contributed by atoms with Crippen LogP contribution >= 0.6 is 0 Å². The van der Waals surface area contributed by atoms with E-state index in [1.54, 1.807) is 0 Å². The molecule has 1 fully saturated rings. The molecule has 4 nitrogen and oxygen atoms in total. The Morgan fingerprint density at radius 2 is 1.78 bits per heavy atom. The summed E-state index contributed by atoms with van der Waals surface area (Å²) in [5.74, 6) is -0.469. The van der Waals surface area contributed by atoms with E-state index in [0.717, 1.165) is 37.7 Å². The molecule has 3 N–H and O–H groups in total. The molecular weight excluding hydrogens is 341 g/mol. The third kappa shape index (κ3) is 4.03. The number of hydrogen-bond acceptors (Lipinski definition) is 2. The fourth-order valence-corrected chi connectivity index (χ4v) is 3.92. The monoisotopic (exact) mass is 365 g/mol. The molecule has 1 saturated carbocycles. The lowest BCUT2D eigenvalue weighted by Crippen LogP contribution is -2.51. The van der Waals surface area contributed by atoms with Crippen LogP contribution in [0, 0.1) is 5.82 Å². The number of H-pyrrole nitrogens is 1. The van der Waals surface area contributed by atoms with Gasteiger partial charge in [-0.25, -0.2) is 4.39 Å². The summed E-state index contributed by atoms with van der Waals surface area (Å²) < 4.78 is 13.1. The smallest absolute Gasteiger partial charge is 0.251 e. The molecule has 27 heavy (non-hydrogen) atoms. The molecule has 2 atom stereocenters. The first-order valence-corrected chi connectivity index (χ1v) is 9.55. The fraction of sp³-hybridized carbons (Fsp3) is 0.318. The maximum absolute atomic E-state index is 13.1. The molecule has 0 aliphatic heterocycles. The number of rotatable bonds is 5. The number of fused-ring (bicyclic) bond motifs is 1. The van der Waals surface area contributed by atoms with E-state index in [2.05, 4.69) is 27.8 Å². The highest BCUT2D eigenvalue weighted by Crippen LogP contribution is 2.22. The molecule has 2 aromatic carbocycles. The number of benzene rings is 2. The van der Waals surface area contributed by atoms with E-state index in [4.69, 9.17) is 0 Å². The summed E-state index contributed by atoms with van der Waals surface area (Å²) in [6.07, 6.45) is 6.32. The van der Waals surface area contributed by atoms with E-state index in [1.165, 1.54) is 35.2 Å². The predicted molar refractivity (Wildman–Crippen MR) is 105 cm³/mol. The molecule has 0 spiro atoms. The molecule has 5 heteroatoms. The van der Waals surface area contributed by atoms with Crippen LogP contribution in [0.4, 0.5) is 4.39 Å². The van der Waals surface area contributed by atoms with Gasteiger partial charge in [-0.2, -0.15) is 0 Å². The zero-order valence-electron chi connectivity index (χ0n) is 15.2. The molecule has 1 aliphatic rings. The van der Waals surface area contributed by atoms with Gasteiger partial charge in [0, 0.05) is 41.3 Å². The standard InChI is InChI=1S/C22H24FN3O/c23-17-11-9-15(10-12-17)22(27)26-21-8-4-3-7-20(21)25-14-16-13-24-19-6-2-1-5-18(16)19/h1-2,5-6,9-13,20-21,24-25H,3-4,7-8,14H2,(H,26,27)/t20-,21-/m1/s1. The first kappa shape index (κ1) is 17.7. The van der Waals surface area contributed by atoms with Gasteiger partial charge in [0.2, 0.25) is 0 Å². The molecule has 1 aliphatic carbocycles. The van der Waals surface area contributed by atoms with E-state index < -0.39 is 0 Å². The minimum atomic E-state index is -0.331. The minimum Gasteiger partial charge on any atom is -0.361 e. The Hall–Kier alpha value is -2.66. The van der Waals surface area contributed by atoms with Crippen LogP contribution in [0.2, 0.25) is 0 Å². The van der Waals surface area contributed by atoms with Gasteiger partial charge in [-0.05, 0) is 48.7 Å². The first-order chi connectivity index (χ1) is 13.2. The van der Waals surface area contributed by atoms with Gasteiger partial charge in [0.1, 0.15) is 5.82 Å². The number of carbonyl (C=O) groups excluding carboxylic acids is 1. The molecule has 0 bridgehead atoms. The van der Waals surface area contributed by atoms with Crippen LogP contribution in [0.15, 0.2) is 54.7 Å². The average Bonchev–Trinajstić information content (AvgIpc) is 3.11. The summed E-state index contributed by atoms with van der Waals surface area (Å²) >= 11 is 0. The maximum Gasteiger partial charge on any atom is 0.251 e. The van der Waals surface area contributed by atoms with Crippen LogP contribution in [-0.2, 0) is 6.54 Å². The SMILES string of the molecule is O=C(N[C@@H]1CCCC[C@H]1NCc1c[nH]c2ccccc12)c1ccc(F)cc1. The molecule has 0 radical (unpaired) electrons. The Bertz CT molecular complexity index is 919. The summed E-state index contributed by atoms with van der Waals surface area (Å²) in [7, 11) is 0. The Balaban J connectivity index is 1.41. The number of halogens is 1. The van der Waals surface area contributed by atoms with Crippen LogP contribution < -0.4 is 10.6 Å². The van der Waals surface area contributed by atoms with Crippen LogP contribution in [0.3, 0.4) is 0 Å². The average molecular weight is 365 g/mol. The second-order valence-electron chi connectivity index (χ2n) is 7.22. The predicted octanol–water partition coefficient (Wildman–Crippen LogP) is 4.14. The molecule has 1 amide bonds. The number of hydrogen-bond donors (Lipinski definition) is 3. The van der Waals surface area contributed by atoms with Gasteiger partial charge in [-0.15, -0.1) is 0 Å². The van der Waals surface area contributed by atoms with Crippen LogP contribution in [0.25, 0.3) is 10.9 Å². The lowest BCUT2D eigenvalue weighted by Gasteiger charge is -2.33. The highest BCUT2D eigenvalue weighted by Gasteiger charge is 2.26. The van der Waals surface area contributed by atoms with Crippen LogP contribution in [-0.4, -0.2) is 23.0 Å². The number of amides is 1. The van der Waals surface area contributed by atoms with Crippen molar-refractivity contribution in [1.29, 1.82) is 0 Å². The van der Waals surface area contributed by atoms with Crippen LogP contribution in [0.1, 0.15) is 41.6 Å². The topological polar surface area (TPSA) is 56.9 Å². The van der Waals surface area contributed by atoms with Crippen molar-refractivity contribution >= 4 is 16.8 Å². The molecule has 140 valence electrons. The number of carbonyl (C=O) groups is 1. The van der Waals surface area contributed by atoms with Gasteiger partial charge >= 0.3 is 0 Å². The first-order valence-electron chi connectivity index (χ1n) is 9.55. The number of aromatic amines is 1. The van der Waals surface area contributed by atoms with E-state index in [-0.39, 0.29) is 23.8 Å². The van der Waals surface area contributed by atoms with E-state index >= 15 is 0 Å². The Labute approximate surface area is 158 Å². The lowest BCUT2D eigenvalue weighted by molar-refractivity contribution is 0.0915. The Morgan fingerprint density at radius 1 is 1.04 bits per heavy atom. The summed E-state index contributed by atoms with van der Waals surface area (Å²) in [5, 5.41) is 8.01. The number of para-hydroxylation sites is 1. The van der Waals surface area contributed by atoms with Crippen molar-refractivity contribution in [2.24, 2.45) is 0 Å². The highest BCUT2D eigenvalue weighted by molar-refractivity contribution is 5.94. The van der Waals surface area contributed by atoms with E-state index in [0.29, 0.717) is 5.56 Å². The zero-order chi connectivity index (χ0) is 18.6. The van der Waals surface area contributed by atoms with E-state index in [1.807, 2.05) is 18.3 Å². The second-order valence-corrected chi connectivity index (χ2v) is 7.22. The lowest BCUT2D eigenvalue weighted by atomic mass is 9.90.